The van der Waals surface area contributed by atoms with E-state index in [1.54, 1.807) is 32.1 Å². The largest absolute Gasteiger partial charge is 0.488 e. The summed E-state index contributed by atoms with van der Waals surface area (Å²) in [5.74, 6) is 2.05. The Labute approximate surface area is 214 Å². The van der Waals surface area contributed by atoms with Gasteiger partial charge < -0.3 is 29.2 Å². The van der Waals surface area contributed by atoms with Gasteiger partial charge in [0, 0.05) is 50.1 Å². The monoisotopic (exact) mass is 510 g/mol. The SMILES string of the molecule is CNC(=O)CC1CN=C(c2cc3cc(Oc4ccc(COC)nc4)cc(OC4CCOCC4)c3[nH]2)S1. The molecule has 190 valence electrons. The number of pyridine rings is 1. The molecule has 0 bridgehead atoms. The van der Waals surface area contributed by atoms with Crippen molar-refractivity contribution in [3.05, 3.63) is 47.9 Å². The molecule has 0 saturated carbocycles. The van der Waals surface area contributed by atoms with E-state index in [9.17, 15) is 4.79 Å². The number of thioether (sulfide) groups is 1. The number of aromatic nitrogens is 2. The van der Waals surface area contributed by atoms with E-state index >= 15 is 0 Å². The van der Waals surface area contributed by atoms with Crippen LogP contribution in [-0.2, 0) is 20.9 Å². The molecule has 1 unspecified atom stereocenters. The minimum atomic E-state index is 0.0271. The first-order valence-corrected chi connectivity index (χ1v) is 12.9. The van der Waals surface area contributed by atoms with Gasteiger partial charge >= 0.3 is 0 Å². The number of nitrogens with zero attached hydrogens (tertiary/aromatic N) is 2. The van der Waals surface area contributed by atoms with Crippen LogP contribution in [0, 0.1) is 0 Å². The summed E-state index contributed by atoms with van der Waals surface area (Å²) >= 11 is 1.63. The van der Waals surface area contributed by atoms with E-state index in [0.717, 1.165) is 45.9 Å². The minimum absolute atomic E-state index is 0.0271. The molecule has 0 aliphatic carbocycles. The number of rotatable bonds is 9. The number of hydrogen-bond donors (Lipinski definition) is 2. The molecule has 9 nitrogen and oxygen atoms in total. The number of benzene rings is 1. The number of methoxy groups -OCH3 is 1. The normalized spacial score (nSPS) is 18.3. The summed E-state index contributed by atoms with van der Waals surface area (Å²) in [4.78, 5) is 24.4. The highest BCUT2D eigenvalue weighted by atomic mass is 32.2. The van der Waals surface area contributed by atoms with Crippen molar-refractivity contribution in [2.45, 2.75) is 37.2 Å². The number of aliphatic imine (C=N–C) groups is 1. The second kappa shape index (κ2) is 11.3. The van der Waals surface area contributed by atoms with Crippen LogP contribution in [0.5, 0.6) is 17.2 Å². The summed E-state index contributed by atoms with van der Waals surface area (Å²) < 4.78 is 23.2. The van der Waals surface area contributed by atoms with Gasteiger partial charge in [-0.3, -0.25) is 14.8 Å². The van der Waals surface area contributed by atoms with Crippen LogP contribution >= 0.6 is 11.8 Å². The second-order valence-corrected chi connectivity index (χ2v) is 10.1. The lowest BCUT2D eigenvalue weighted by Crippen LogP contribution is -2.25. The molecule has 2 aromatic heterocycles. The van der Waals surface area contributed by atoms with E-state index in [2.05, 4.69) is 21.4 Å². The lowest BCUT2D eigenvalue weighted by atomic mass is 10.1. The number of H-pyrrole nitrogens is 1. The van der Waals surface area contributed by atoms with Gasteiger partial charge in [-0.2, -0.15) is 0 Å². The first-order valence-electron chi connectivity index (χ1n) is 12.1. The molecule has 2 N–H and O–H groups in total. The van der Waals surface area contributed by atoms with Crippen molar-refractivity contribution in [1.82, 2.24) is 15.3 Å². The molecule has 0 radical (unpaired) electrons. The van der Waals surface area contributed by atoms with Gasteiger partial charge in [0.05, 0.1) is 49.5 Å². The Morgan fingerprint density at radius 3 is 2.83 bits per heavy atom. The van der Waals surface area contributed by atoms with Gasteiger partial charge in [-0.15, -0.1) is 0 Å². The van der Waals surface area contributed by atoms with Gasteiger partial charge in [-0.05, 0) is 24.3 Å². The predicted molar refractivity (Wildman–Crippen MR) is 139 cm³/mol. The van der Waals surface area contributed by atoms with Crippen molar-refractivity contribution in [1.29, 1.82) is 0 Å². The van der Waals surface area contributed by atoms with Gasteiger partial charge in [0.15, 0.2) is 0 Å². The summed E-state index contributed by atoms with van der Waals surface area (Å²) in [7, 11) is 3.30. The summed E-state index contributed by atoms with van der Waals surface area (Å²) in [6, 6.07) is 9.73. The average molecular weight is 511 g/mol. The molecule has 1 aromatic carbocycles. The zero-order valence-corrected chi connectivity index (χ0v) is 21.2. The van der Waals surface area contributed by atoms with Crippen LogP contribution in [0.4, 0.5) is 0 Å². The molecule has 36 heavy (non-hydrogen) atoms. The van der Waals surface area contributed by atoms with E-state index in [1.165, 1.54) is 0 Å². The van der Waals surface area contributed by atoms with Gasteiger partial charge in [0.1, 0.15) is 28.4 Å². The summed E-state index contributed by atoms with van der Waals surface area (Å²) in [5.41, 5.74) is 2.65. The number of fused-ring (bicyclic) bond motifs is 1. The highest BCUT2D eigenvalue weighted by molar-refractivity contribution is 8.15. The lowest BCUT2D eigenvalue weighted by Gasteiger charge is -2.24. The number of amides is 1. The van der Waals surface area contributed by atoms with E-state index in [1.807, 2.05) is 24.3 Å². The van der Waals surface area contributed by atoms with Crippen molar-refractivity contribution < 1.29 is 23.7 Å². The van der Waals surface area contributed by atoms with Crippen LogP contribution in [0.25, 0.3) is 10.9 Å². The molecule has 1 saturated heterocycles. The van der Waals surface area contributed by atoms with Crippen LogP contribution in [0.15, 0.2) is 41.5 Å². The molecular formula is C26H30N4O5S. The molecule has 2 aliphatic heterocycles. The maximum atomic E-state index is 11.8. The van der Waals surface area contributed by atoms with E-state index in [4.69, 9.17) is 23.9 Å². The zero-order chi connectivity index (χ0) is 24.9. The third-order valence-corrected chi connectivity index (χ3v) is 7.31. The Balaban J connectivity index is 1.41. The van der Waals surface area contributed by atoms with Crippen molar-refractivity contribution in [3.63, 3.8) is 0 Å². The maximum absolute atomic E-state index is 11.8. The molecule has 10 heteroatoms. The van der Waals surface area contributed by atoms with Crippen molar-refractivity contribution >= 4 is 33.6 Å². The zero-order valence-electron chi connectivity index (χ0n) is 20.4. The Bertz CT molecular complexity index is 1240. The van der Waals surface area contributed by atoms with Crippen molar-refractivity contribution in [2.24, 2.45) is 4.99 Å². The van der Waals surface area contributed by atoms with Gasteiger partial charge in [0.2, 0.25) is 5.91 Å². The van der Waals surface area contributed by atoms with E-state index < -0.39 is 0 Å². The minimum Gasteiger partial charge on any atom is -0.488 e. The molecule has 1 atom stereocenters. The van der Waals surface area contributed by atoms with Gasteiger partial charge in [-0.25, -0.2) is 0 Å². The number of ether oxygens (including phenoxy) is 4. The van der Waals surface area contributed by atoms with Crippen molar-refractivity contribution in [2.75, 3.05) is 33.9 Å². The summed E-state index contributed by atoms with van der Waals surface area (Å²) in [6.07, 6.45) is 3.90. The fourth-order valence-corrected chi connectivity index (χ4v) is 5.33. The Morgan fingerprint density at radius 1 is 1.22 bits per heavy atom. The highest BCUT2D eigenvalue weighted by Crippen LogP contribution is 2.37. The van der Waals surface area contributed by atoms with Gasteiger partial charge in [-0.1, -0.05) is 11.8 Å². The number of nitrogens with one attached hydrogen (secondary N) is 2. The fraction of sp³-hybridized carbons (Fsp3) is 0.423. The number of aromatic amines is 1. The molecule has 0 spiro atoms. The fourth-order valence-electron chi connectivity index (χ4n) is 4.25. The first kappa shape index (κ1) is 24.6. The second-order valence-electron chi connectivity index (χ2n) is 8.78. The Morgan fingerprint density at radius 2 is 2.08 bits per heavy atom. The van der Waals surface area contributed by atoms with E-state index in [0.29, 0.717) is 44.3 Å². The quantitative estimate of drug-likeness (QED) is 0.447. The number of carbonyl (C=O) groups excluding carboxylic acids is 1. The van der Waals surface area contributed by atoms with Crippen LogP contribution in [0.3, 0.4) is 0 Å². The summed E-state index contributed by atoms with van der Waals surface area (Å²) in [5, 5.41) is 4.69. The van der Waals surface area contributed by atoms with Gasteiger partial charge in [0.25, 0.3) is 0 Å². The molecule has 4 heterocycles. The molecule has 1 amide bonds. The third kappa shape index (κ3) is 5.83. The highest BCUT2D eigenvalue weighted by Gasteiger charge is 2.25. The maximum Gasteiger partial charge on any atom is 0.220 e. The molecule has 1 fully saturated rings. The van der Waals surface area contributed by atoms with E-state index in [-0.39, 0.29) is 17.3 Å². The Kier molecular flexibility index (Phi) is 7.74. The number of carbonyl (C=O) groups is 1. The topological polar surface area (TPSA) is 107 Å². The lowest BCUT2D eigenvalue weighted by molar-refractivity contribution is -0.120. The van der Waals surface area contributed by atoms with Crippen LogP contribution in [-0.4, -0.2) is 66.2 Å². The molecule has 5 rings (SSSR count). The predicted octanol–water partition coefficient (Wildman–Crippen LogP) is 4.06. The van der Waals surface area contributed by atoms with Crippen LogP contribution in [0.1, 0.15) is 30.7 Å². The van der Waals surface area contributed by atoms with Crippen LogP contribution < -0.4 is 14.8 Å². The molecule has 2 aliphatic rings. The summed E-state index contributed by atoms with van der Waals surface area (Å²) in [6.45, 7) is 2.46. The average Bonchev–Trinajstić information content (AvgIpc) is 3.53. The smallest absolute Gasteiger partial charge is 0.220 e. The van der Waals surface area contributed by atoms with Crippen molar-refractivity contribution in [3.8, 4) is 17.2 Å². The number of hydrogen-bond acceptors (Lipinski definition) is 8. The van der Waals surface area contributed by atoms with Crippen LogP contribution in [0.2, 0.25) is 0 Å². The molecule has 3 aromatic rings. The first-order chi connectivity index (χ1) is 17.6. The molecular weight excluding hydrogens is 480 g/mol. The standard InChI is InChI=1S/C26H30N4O5S/c1-27-24(31)12-21-14-29-26(36-21)22-10-16-9-20(34-19-4-3-17(15-32-2)28-13-19)11-23(25(16)30-22)35-18-5-7-33-8-6-18/h3-4,9-11,13,18,21,30H,5-8,12,14-15H2,1-2H3,(H,27,31). The third-order valence-electron chi connectivity index (χ3n) is 6.09. The Hall–Kier alpha value is -3.08.